The average Bonchev–Trinajstić information content (AvgIpc) is 3.36. The van der Waals surface area contributed by atoms with Crippen LogP contribution >= 0.6 is 11.6 Å². The average molecular weight is 894 g/mol. The summed E-state index contributed by atoms with van der Waals surface area (Å²) in [5.41, 5.74) is 6.14. The number of benzene rings is 6. The summed E-state index contributed by atoms with van der Waals surface area (Å²) in [5, 5.41) is 2.82. The third-order valence-electron chi connectivity index (χ3n) is 11.5. The summed E-state index contributed by atoms with van der Waals surface area (Å²) >= 11 is 5.67. The SMILES string of the molecule is COC(=O)[C@@H]1CN(Cc2ccccc2)CCN1.COC(=O)[C@@H]1CN(Cc2ccccc2)CCN1C(=O)C(c1ccccc1)c1ccccc1.O=C(Cl)C(c1ccccc1)c1ccccc1. The molecule has 8 rings (SSSR count). The Hall–Kier alpha value is -6.43. The molecular formula is C54H57ClN4O6. The third-order valence-corrected chi connectivity index (χ3v) is 11.7. The summed E-state index contributed by atoms with van der Waals surface area (Å²) in [5.74, 6) is -1.47. The second-order valence-corrected chi connectivity index (χ2v) is 16.2. The molecule has 65 heavy (non-hydrogen) atoms. The van der Waals surface area contributed by atoms with Gasteiger partial charge >= 0.3 is 11.9 Å². The zero-order valence-electron chi connectivity index (χ0n) is 37.0. The number of rotatable bonds is 12. The van der Waals surface area contributed by atoms with Gasteiger partial charge in [0, 0.05) is 52.4 Å². The van der Waals surface area contributed by atoms with Crippen molar-refractivity contribution in [2.75, 3.05) is 53.5 Å². The molecule has 10 nitrogen and oxygen atoms in total. The zero-order valence-corrected chi connectivity index (χ0v) is 37.7. The minimum atomic E-state index is -0.639. The van der Waals surface area contributed by atoms with Crippen LogP contribution in [0, 0.1) is 0 Å². The van der Waals surface area contributed by atoms with Crippen LogP contribution in [-0.2, 0) is 41.7 Å². The molecule has 0 aromatic heterocycles. The second-order valence-electron chi connectivity index (χ2n) is 15.9. The van der Waals surface area contributed by atoms with Crippen LogP contribution in [0.5, 0.6) is 0 Å². The molecule has 0 bridgehead atoms. The lowest BCUT2D eigenvalue weighted by atomic mass is 9.89. The highest BCUT2D eigenvalue weighted by molar-refractivity contribution is 6.65. The topological polar surface area (TPSA) is 108 Å². The zero-order chi connectivity index (χ0) is 45.8. The van der Waals surface area contributed by atoms with Crippen molar-refractivity contribution in [1.29, 1.82) is 0 Å². The van der Waals surface area contributed by atoms with Gasteiger partial charge in [-0.15, -0.1) is 0 Å². The van der Waals surface area contributed by atoms with Crippen molar-refractivity contribution in [3.8, 4) is 0 Å². The summed E-state index contributed by atoms with van der Waals surface area (Å²) in [7, 11) is 2.81. The first-order valence-corrected chi connectivity index (χ1v) is 22.2. The van der Waals surface area contributed by atoms with Gasteiger partial charge < -0.3 is 19.7 Å². The fraction of sp³-hybridized carbons (Fsp3) is 0.259. The Balaban J connectivity index is 0.000000178. The molecule has 2 atom stereocenters. The molecular weight excluding hydrogens is 836 g/mol. The first kappa shape index (κ1) is 48.0. The van der Waals surface area contributed by atoms with Gasteiger partial charge in [0.2, 0.25) is 11.1 Å². The normalized spacial score (nSPS) is 16.3. The molecule has 0 saturated carbocycles. The number of hydrogen-bond acceptors (Lipinski definition) is 9. The maximum atomic E-state index is 13.9. The van der Waals surface area contributed by atoms with E-state index in [1.807, 2.05) is 158 Å². The van der Waals surface area contributed by atoms with Gasteiger partial charge in [-0.3, -0.25) is 24.2 Å². The number of carbonyl (C=O) groups is 4. The number of nitrogens with one attached hydrogen (secondary N) is 1. The minimum Gasteiger partial charge on any atom is -0.468 e. The number of halogens is 1. The van der Waals surface area contributed by atoms with Crippen LogP contribution in [0.25, 0.3) is 0 Å². The fourth-order valence-electron chi connectivity index (χ4n) is 8.20. The molecule has 2 fully saturated rings. The number of nitrogens with zero attached hydrogens (tertiary/aromatic N) is 3. The van der Waals surface area contributed by atoms with Gasteiger partial charge in [-0.1, -0.05) is 182 Å². The molecule has 1 amide bonds. The first-order valence-electron chi connectivity index (χ1n) is 21.9. The molecule has 2 saturated heterocycles. The lowest BCUT2D eigenvalue weighted by molar-refractivity contribution is -0.156. The van der Waals surface area contributed by atoms with Gasteiger partial charge in [0.05, 0.1) is 26.1 Å². The lowest BCUT2D eigenvalue weighted by Gasteiger charge is -2.41. The molecule has 6 aromatic rings. The molecule has 336 valence electrons. The summed E-state index contributed by atoms with van der Waals surface area (Å²) in [4.78, 5) is 55.8. The molecule has 1 N–H and O–H groups in total. The van der Waals surface area contributed by atoms with E-state index in [-0.39, 0.29) is 35.0 Å². The summed E-state index contributed by atoms with van der Waals surface area (Å²) in [6.07, 6.45) is 0. The van der Waals surface area contributed by atoms with Gasteiger partial charge in [-0.2, -0.15) is 0 Å². The Morgan fingerprint density at radius 3 is 1.31 bits per heavy atom. The summed E-state index contributed by atoms with van der Waals surface area (Å²) in [6.45, 7) is 5.74. The quantitative estimate of drug-likeness (QED) is 0.0969. The summed E-state index contributed by atoms with van der Waals surface area (Å²) < 4.78 is 9.86. The molecule has 2 heterocycles. The van der Waals surface area contributed by atoms with Gasteiger partial charge in [-0.05, 0) is 45.0 Å². The van der Waals surface area contributed by atoms with Crippen LogP contribution in [0.1, 0.15) is 45.2 Å². The number of ether oxygens (including phenoxy) is 2. The number of carbonyl (C=O) groups excluding carboxylic acids is 4. The maximum absolute atomic E-state index is 13.9. The number of esters is 2. The Morgan fingerprint density at radius 2 is 0.908 bits per heavy atom. The Morgan fingerprint density at radius 1 is 0.523 bits per heavy atom. The Labute approximate surface area is 387 Å². The maximum Gasteiger partial charge on any atom is 0.329 e. The molecule has 0 radical (unpaired) electrons. The van der Waals surface area contributed by atoms with Crippen LogP contribution in [0.4, 0.5) is 0 Å². The molecule has 6 aromatic carbocycles. The van der Waals surface area contributed by atoms with Crippen molar-refractivity contribution in [2.45, 2.75) is 37.0 Å². The molecule has 2 aliphatic heterocycles. The van der Waals surface area contributed by atoms with E-state index in [2.05, 4.69) is 39.4 Å². The van der Waals surface area contributed by atoms with E-state index >= 15 is 0 Å². The van der Waals surface area contributed by atoms with Crippen molar-refractivity contribution in [2.24, 2.45) is 0 Å². The van der Waals surface area contributed by atoms with Crippen molar-refractivity contribution in [1.82, 2.24) is 20.0 Å². The van der Waals surface area contributed by atoms with Crippen molar-refractivity contribution in [3.63, 3.8) is 0 Å². The van der Waals surface area contributed by atoms with Gasteiger partial charge in [0.25, 0.3) is 0 Å². The minimum absolute atomic E-state index is 0.0721. The first-order chi connectivity index (χ1) is 31.7. The van der Waals surface area contributed by atoms with E-state index in [4.69, 9.17) is 21.1 Å². The van der Waals surface area contributed by atoms with E-state index in [1.54, 1.807) is 4.90 Å². The van der Waals surface area contributed by atoms with Crippen LogP contribution in [-0.4, -0.2) is 103 Å². The number of amides is 1. The van der Waals surface area contributed by atoms with Crippen LogP contribution in [0.3, 0.4) is 0 Å². The molecule has 2 aliphatic rings. The van der Waals surface area contributed by atoms with Crippen LogP contribution in [0.2, 0.25) is 0 Å². The van der Waals surface area contributed by atoms with E-state index in [1.165, 1.54) is 25.3 Å². The number of methoxy groups -OCH3 is 2. The highest BCUT2D eigenvalue weighted by Crippen LogP contribution is 2.30. The van der Waals surface area contributed by atoms with Crippen molar-refractivity contribution in [3.05, 3.63) is 215 Å². The van der Waals surface area contributed by atoms with E-state index < -0.39 is 12.0 Å². The predicted octanol–water partition coefficient (Wildman–Crippen LogP) is 7.92. The monoisotopic (exact) mass is 892 g/mol. The van der Waals surface area contributed by atoms with Crippen LogP contribution in [0.15, 0.2) is 182 Å². The predicted molar refractivity (Wildman–Crippen MR) is 255 cm³/mol. The van der Waals surface area contributed by atoms with E-state index in [9.17, 15) is 19.2 Å². The van der Waals surface area contributed by atoms with Gasteiger partial charge in [0.15, 0.2) is 0 Å². The number of hydrogen-bond donors (Lipinski definition) is 1. The highest BCUT2D eigenvalue weighted by Gasteiger charge is 2.39. The second kappa shape index (κ2) is 25.2. The van der Waals surface area contributed by atoms with E-state index in [0.29, 0.717) is 26.2 Å². The van der Waals surface area contributed by atoms with Crippen molar-refractivity contribution < 1.29 is 28.7 Å². The standard InChI is InChI=1S/C27H28N2O3.C14H11ClO.C13H18N2O2/c1-32-27(31)24-20-28(19-21-11-5-2-6-12-21)17-18-29(24)26(30)25(22-13-7-3-8-14-22)23-15-9-4-10-16-23;15-14(16)13(11-7-3-1-4-8-11)12-9-5-2-6-10-12;1-17-13(16)12-10-15(8-7-14-12)9-11-5-3-2-4-6-11/h2-16,24-25H,17-20H2,1H3;1-10,13H;2-6,12,14H,7-10H2,1H3/t24-;;12-/m0.0/s1. The Kier molecular flexibility index (Phi) is 18.6. The molecule has 0 unspecified atom stereocenters. The number of piperazine rings is 2. The van der Waals surface area contributed by atoms with Crippen molar-refractivity contribution >= 4 is 34.7 Å². The van der Waals surface area contributed by atoms with Crippen LogP contribution < -0.4 is 5.32 Å². The van der Waals surface area contributed by atoms with Gasteiger partial charge in [-0.25, -0.2) is 4.79 Å². The third kappa shape index (κ3) is 14.0. The fourth-order valence-corrected chi connectivity index (χ4v) is 8.45. The molecule has 0 aliphatic carbocycles. The summed E-state index contributed by atoms with van der Waals surface area (Å²) in [6, 6.07) is 58.3. The highest BCUT2D eigenvalue weighted by atomic mass is 35.5. The molecule has 0 spiro atoms. The smallest absolute Gasteiger partial charge is 0.329 e. The molecule has 11 heteroatoms. The Bertz CT molecular complexity index is 2280. The largest absolute Gasteiger partial charge is 0.468 e. The van der Waals surface area contributed by atoms with E-state index in [0.717, 1.165) is 48.4 Å². The lowest BCUT2D eigenvalue weighted by Crippen LogP contribution is -2.59. The van der Waals surface area contributed by atoms with Gasteiger partial charge in [0.1, 0.15) is 12.1 Å².